The van der Waals surface area contributed by atoms with E-state index in [1.807, 2.05) is 0 Å². The average molecular weight is 857 g/mol. The maximum Gasteiger partial charge on any atom is 0.160 e. The van der Waals surface area contributed by atoms with E-state index in [4.69, 9.17) is 8.83 Å². The Morgan fingerprint density at radius 1 is 0.333 bits per heavy atom. The van der Waals surface area contributed by atoms with Crippen molar-refractivity contribution in [1.29, 1.82) is 0 Å². The van der Waals surface area contributed by atoms with Gasteiger partial charge in [-0.15, -0.1) is 0 Å². The van der Waals surface area contributed by atoms with E-state index in [2.05, 4.69) is 235 Å². The van der Waals surface area contributed by atoms with E-state index in [0.29, 0.717) is 0 Å². The summed E-state index contributed by atoms with van der Waals surface area (Å²) in [5.41, 5.74) is 14.2. The molecule has 0 amide bonds. The first-order valence-electron chi connectivity index (χ1n) is 23.2. The molecule has 0 aliphatic carbocycles. The van der Waals surface area contributed by atoms with Crippen LogP contribution in [0.2, 0.25) is 0 Å². The van der Waals surface area contributed by atoms with Gasteiger partial charge in [-0.1, -0.05) is 163 Å². The van der Waals surface area contributed by atoms with Crippen LogP contribution in [0.4, 0.5) is 34.1 Å². The summed E-state index contributed by atoms with van der Waals surface area (Å²) in [6.07, 6.45) is 0. The monoisotopic (exact) mass is 856 g/mol. The van der Waals surface area contributed by atoms with Crippen LogP contribution in [0, 0.1) is 13.8 Å². The number of nitrogens with zero attached hydrogens (tertiary/aromatic N) is 2. The zero-order chi connectivity index (χ0) is 45.2. The summed E-state index contributed by atoms with van der Waals surface area (Å²) in [6, 6.07) is 61.9. The van der Waals surface area contributed by atoms with Crippen LogP contribution in [-0.4, -0.2) is 0 Å². The van der Waals surface area contributed by atoms with Crippen molar-refractivity contribution >= 4 is 110 Å². The predicted octanol–water partition coefficient (Wildman–Crippen LogP) is 18.5. The highest BCUT2D eigenvalue weighted by Gasteiger charge is 2.32. The van der Waals surface area contributed by atoms with E-state index in [0.717, 1.165) is 99.5 Å². The van der Waals surface area contributed by atoms with Gasteiger partial charge in [0.25, 0.3) is 0 Å². The molecular formula is C62H52N2O2. The van der Waals surface area contributed by atoms with E-state index in [-0.39, 0.29) is 10.8 Å². The van der Waals surface area contributed by atoms with Crippen LogP contribution < -0.4 is 9.80 Å². The SMILES string of the molecule is Cc1ccccc1N(c1ccccc1)c1ccc2c3ccc(C(C)(C)C)c4oc5c(N(c6ccc7ccccc7c6)c6ccccc6C)ccc(c6ccc(C(C)(C)C)c7oc1c2c76)c5c43. The number of fused-ring (bicyclic) bond motifs is 3. The molecule has 2 aromatic heterocycles. The first kappa shape index (κ1) is 40.0. The van der Waals surface area contributed by atoms with E-state index in [1.165, 1.54) is 33.0 Å². The maximum absolute atomic E-state index is 7.57. The fourth-order valence-corrected chi connectivity index (χ4v) is 10.7. The van der Waals surface area contributed by atoms with Crippen molar-refractivity contribution in [2.24, 2.45) is 0 Å². The minimum Gasteiger partial charge on any atom is -0.453 e. The van der Waals surface area contributed by atoms with Gasteiger partial charge in [0.2, 0.25) is 0 Å². The summed E-state index contributed by atoms with van der Waals surface area (Å²) in [7, 11) is 0. The van der Waals surface area contributed by atoms with Crippen LogP contribution in [0.25, 0.3) is 76.2 Å². The second kappa shape index (κ2) is 14.5. The molecular weight excluding hydrogens is 805 g/mol. The number of hydrogen-bond acceptors (Lipinski definition) is 4. The molecule has 12 aromatic rings. The van der Waals surface area contributed by atoms with Crippen LogP contribution >= 0.6 is 0 Å². The van der Waals surface area contributed by atoms with E-state index in [1.54, 1.807) is 0 Å². The Morgan fingerprint density at radius 3 is 1.23 bits per heavy atom. The van der Waals surface area contributed by atoms with Gasteiger partial charge in [-0.05, 0) is 117 Å². The summed E-state index contributed by atoms with van der Waals surface area (Å²) in [6.45, 7) is 18.1. The number of aryl methyl sites for hydroxylation is 2. The standard InChI is InChI=1S/C62H52N2O2/c1-37-18-12-16-24-49(37)63(41-22-10-9-11-23-41)51-34-30-45-43-28-33-48(62(6,7)8)58-54(43)56-46(44-29-32-47(61(3,4)5)57-53(44)55(45)59(51)65-57)31-35-52(60(56)66-58)64(50-25-17-13-19-38(50)2)42-27-26-39-20-14-15-21-40(39)36-42/h9-36H,1-8H3. The third-order valence-electron chi connectivity index (χ3n) is 13.9. The van der Waals surface area contributed by atoms with Crippen molar-refractivity contribution in [1.82, 2.24) is 0 Å². The lowest BCUT2D eigenvalue weighted by Gasteiger charge is -2.27. The van der Waals surface area contributed by atoms with Gasteiger partial charge in [0.15, 0.2) is 11.2 Å². The van der Waals surface area contributed by atoms with Gasteiger partial charge in [0.1, 0.15) is 11.2 Å². The van der Waals surface area contributed by atoms with Crippen molar-refractivity contribution in [2.75, 3.05) is 9.80 Å². The Kier molecular flexibility index (Phi) is 8.77. The van der Waals surface area contributed by atoms with Crippen LogP contribution in [0.1, 0.15) is 63.8 Å². The summed E-state index contributed by atoms with van der Waals surface area (Å²) in [4.78, 5) is 4.77. The minimum absolute atomic E-state index is 0.195. The molecule has 0 saturated heterocycles. The summed E-state index contributed by atoms with van der Waals surface area (Å²) < 4.78 is 15.1. The van der Waals surface area contributed by atoms with Crippen molar-refractivity contribution in [3.8, 4) is 0 Å². The Morgan fingerprint density at radius 2 is 0.742 bits per heavy atom. The Bertz CT molecular complexity index is 3870. The van der Waals surface area contributed by atoms with Crippen LogP contribution in [-0.2, 0) is 10.8 Å². The Hall–Kier alpha value is -7.56. The number of benzene rings is 9. The quantitative estimate of drug-likeness (QED) is 0.167. The third kappa shape index (κ3) is 5.97. The molecule has 4 heteroatoms. The number of para-hydroxylation sites is 3. The number of hydrogen-bond donors (Lipinski definition) is 0. The first-order chi connectivity index (χ1) is 31.9. The van der Waals surface area contributed by atoms with Gasteiger partial charge in [-0.25, -0.2) is 0 Å². The number of anilines is 6. The molecule has 0 spiro atoms. The topological polar surface area (TPSA) is 32.8 Å². The lowest BCUT2D eigenvalue weighted by Crippen LogP contribution is -2.11. The van der Waals surface area contributed by atoms with Gasteiger partial charge >= 0.3 is 0 Å². The third-order valence-corrected chi connectivity index (χ3v) is 13.9. The van der Waals surface area contributed by atoms with Gasteiger partial charge < -0.3 is 18.6 Å². The summed E-state index contributed by atoms with van der Waals surface area (Å²) >= 11 is 0. The van der Waals surface area contributed by atoms with Crippen LogP contribution in [0.5, 0.6) is 0 Å². The molecule has 0 fully saturated rings. The molecule has 0 unspecified atom stereocenters. The average Bonchev–Trinajstić information content (AvgIpc) is 3.91. The molecule has 0 radical (unpaired) electrons. The smallest absolute Gasteiger partial charge is 0.160 e. The summed E-state index contributed by atoms with van der Waals surface area (Å²) in [5.74, 6) is 0. The second-order valence-electron chi connectivity index (χ2n) is 20.2. The molecule has 10 aromatic carbocycles. The van der Waals surface area contributed by atoms with Crippen LogP contribution in [0.3, 0.4) is 0 Å². The Labute approximate surface area is 385 Å². The van der Waals surface area contributed by atoms with Gasteiger partial charge in [0.05, 0.1) is 11.4 Å². The fourth-order valence-electron chi connectivity index (χ4n) is 10.7. The molecule has 4 nitrogen and oxygen atoms in total. The molecule has 0 bridgehead atoms. The van der Waals surface area contributed by atoms with Gasteiger partial charge in [0, 0.05) is 55.4 Å². The molecule has 0 aliphatic heterocycles. The number of furan rings is 2. The molecule has 0 aliphatic rings. The van der Waals surface area contributed by atoms with Crippen molar-refractivity contribution in [2.45, 2.75) is 66.2 Å². The highest BCUT2D eigenvalue weighted by atomic mass is 16.3. The molecule has 0 N–H and O–H groups in total. The lowest BCUT2D eigenvalue weighted by molar-refractivity contribution is 0.572. The largest absolute Gasteiger partial charge is 0.453 e. The molecule has 66 heavy (non-hydrogen) atoms. The predicted molar refractivity (Wildman–Crippen MR) is 281 cm³/mol. The van der Waals surface area contributed by atoms with Gasteiger partial charge in [-0.3, -0.25) is 0 Å². The van der Waals surface area contributed by atoms with E-state index >= 15 is 0 Å². The van der Waals surface area contributed by atoms with Crippen molar-refractivity contribution in [3.05, 3.63) is 192 Å². The zero-order valence-electron chi connectivity index (χ0n) is 38.9. The molecule has 0 saturated carbocycles. The molecule has 322 valence electrons. The first-order valence-corrected chi connectivity index (χ1v) is 23.2. The maximum atomic E-state index is 7.57. The Balaban J connectivity index is 1.28. The van der Waals surface area contributed by atoms with Crippen molar-refractivity contribution in [3.63, 3.8) is 0 Å². The van der Waals surface area contributed by atoms with E-state index in [9.17, 15) is 0 Å². The minimum atomic E-state index is -0.200. The molecule has 2 heterocycles. The summed E-state index contributed by atoms with van der Waals surface area (Å²) in [5, 5.41) is 11.4. The lowest BCUT2D eigenvalue weighted by atomic mass is 9.83. The van der Waals surface area contributed by atoms with Crippen LogP contribution in [0.15, 0.2) is 179 Å². The highest BCUT2D eigenvalue weighted by Crippen LogP contribution is 2.54. The normalized spacial score (nSPS) is 12.5. The number of rotatable bonds is 6. The van der Waals surface area contributed by atoms with E-state index < -0.39 is 0 Å². The van der Waals surface area contributed by atoms with Crippen molar-refractivity contribution < 1.29 is 8.83 Å². The molecule has 12 rings (SSSR count). The highest BCUT2D eigenvalue weighted by molar-refractivity contribution is 6.38. The molecule has 0 atom stereocenters. The zero-order valence-corrected chi connectivity index (χ0v) is 38.9. The fraction of sp³-hybridized carbons (Fsp3) is 0.161. The second-order valence-corrected chi connectivity index (χ2v) is 20.2. The van der Waals surface area contributed by atoms with Gasteiger partial charge in [-0.2, -0.15) is 0 Å².